The van der Waals surface area contributed by atoms with Gasteiger partial charge in [-0.05, 0) is 32.4 Å². The highest BCUT2D eigenvalue weighted by atomic mass is 16.5. The second kappa shape index (κ2) is 5.69. The number of carbonyl (C=O) groups is 1. The number of ether oxygens (including phenoxy) is 1. The number of carbonyl (C=O) groups excluding carboxylic acids is 1. The zero-order chi connectivity index (χ0) is 14.8. The summed E-state index contributed by atoms with van der Waals surface area (Å²) in [4.78, 5) is 12.3. The van der Waals surface area contributed by atoms with E-state index in [0.29, 0.717) is 12.3 Å². The van der Waals surface area contributed by atoms with E-state index in [1.807, 2.05) is 26.1 Å². The number of nitrogens with one attached hydrogen (secondary N) is 2. The molecule has 0 saturated carbocycles. The van der Waals surface area contributed by atoms with E-state index in [4.69, 9.17) is 4.74 Å². The summed E-state index contributed by atoms with van der Waals surface area (Å²) >= 11 is 0. The smallest absolute Gasteiger partial charge is 0.272 e. The molecule has 3 heterocycles. The molecule has 7 nitrogen and oxygen atoms in total. The summed E-state index contributed by atoms with van der Waals surface area (Å²) in [7, 11) is 0. The Bertz CT molecular complexity index is 605. The molecule has 1 fully saturated rings. The van der Waals surface area contributed by atoms with Crippen LogP contribution in [0.25, 0.3) is 0 Å². The molecule has 21 heavy (non-hydrogen) atoms. The highest BCUT2D eigenvalue weighted by molar-refractivity contribution is 5.92. The van der Waals surface area contributed by atoms with Crippen LogP contribution in [0.5, 0.6) is 0 Å². The van der Waals surface area contributed by atoms with E-state index < -0.39 is 0 Å². The molecule has 1 aliphatic rings. The number of aromatic nitrogens is 4. The highest BCUT2D eigenvalue weighted by Crippen LogP contribution is 2.27. The molecule has 2 aromatic rings. The van der Waals surface area contributed by atoms with Crippen molar-refractivity contribution >= 4 is 5.91 Å². The Hall–Kier alpha value is -2.15. The lowest BCUT2D eigenvalue weighted by Crippen LogP contribution is -2.37. The second-order valence-electron chi connectivity index (χ2n) is 5.45. The Kier molecular flexibility index (Phi) is 3.74. The molecule has 112 valence electrons. The van der Waals surface area contributed by atoms with E-state index in [-0.39, 0.29) is 24.1 Å². The van der Waals surface area contributed by atoms with Crippen molar-refractivity contribution in [3.05, 3.63) is 35.9 Å². The number of H-pyrrole nitrogens is 1. The van der Waals surface area contributed by atoms with Crippen LogP contribution < -0.4 is 5.32 Å². The van der Waals surface area contributed by atoms with Gasteiger partial charge in [0.15, 0.2) is 0 Å². The zero-order valence-electron chi connectivity index (χ0n) is 12.1. The van der Waals surface area contributed by atoms with Crippen LogP contribution in [-0.4, -0.2) is 38.5 Å². The van der Waals surface area contributed by atoms with Crippen LogP contribution in [0.15, 0.2) is 24.5 Å². The molecule has 0 bridgehead atoms. The lowest BCUT2D eigenvalue weighted by molar-refractivity contribution is 0.0803. The molecule has 1 amide bonds. The molecular formula is C14H19N5O2. The monoisotopic (exact) mass is 289 g/mol. The predicted octanol–water partition coefficient (Wildman–Crippen LogP) is 1.45. The molecule has 1 aliphatic heterocycles. The van der Waals surface area contributed by atoms with Gasteiger partial charge in [-0.15, -0.1) is 0 Å². The number of nitrogens with zero attached hydrogens (tertiary/aromatic N) is 3. The van der Waals surface area contributed by atoms with Gasteiger partial charge in [0.05, 0.1) is 11.7 Å². The molecular weight excluding hydrogens is 270 g/mol. The van der Waals surface area contributed by atoms with Gasteiger partial charge in [0, 0.05) is 25.0 Å². The van der Waals surface area contributed by atoms with Gasteiger partial charge in [0.1, 0.15) is 11.8 Å². The minimum atomic E-state index is -0.177. The maximum absolute atomic E-state index is 12.3. The third-order valence-electron chi connectivity index (χ3n) is 3.61. The third kappa shape index (κ3) is 2.82. The van der Waals surface area contributed by atoms with Crippen molar-refractivity contribution in [2.75, 3.05) is 6.61 Å². The van der Waals surface area contributed by atoms with Crippen molar-refractivity contribution in [3.63, 3.8) is 0 Å². The Morgan fingerprint density at radius 2 is 2.38 bits per heavy atom. The number of amides is 1. The summed E-state index contributed by atoms with van der Waals surface area (Å²) < 4.78 is 7.45. The largest absolute Gasteiger partial charge is 0.370 e. The molecule has 2 atom stereocenters. The first-order valence-electron chi connectivity index (χ1n) is 7.12. The maximum atomic E-state index is 12.3. The third-order valence-corrected chi connectivity index (χ3v) is 3.61. The molecule has 2 aromatic heterocycles. The second-order valence-corrected chi connectivity index (χ2v) is 5.45. The van der Waals surface area contributed by atoms with Gasteiger partial charge in [-0.1, -0.05) is 0 Å². The van der Waals surface area contributed by atoms with Crippen molar-refractivity contribution in [1.29, 1.82) is 0 Å². The first-order chi connectivity index (χ1) is 10.1. The van der Waals surface area contributed by atoms with Gasteiger partial charge >= 0.3 is 0 Å². The van der Waals surface area contributed by atoms with Gasteiger partial charge < -0.3 is 10.1 Å². The summed E-state index contributed by atoms with van der Waals surface area (Å²) in [5.74, 6) is -0.172. The summed E-state index contributed by atoms with van der Waals surface area (Å²) in [6.45, 7) is 4.66. The Morgan fingerprint density at radius 1 is 1.52 bits per heavy atom. The van der Waals surface area contributed by atoms with Crippen LogP contribution in [0.1, 0.15) is 48.6 Å². The molecule has 0 spiro atoms. The molecule has 0 unspecified atom stereocenters. The summed E-state index contributed by atoms with van der Waals surface area (Å²) in [5, 5.41) is 14.1. The molecule has 7 heteroatoms. The molecule has 2 N–H and O–H groups in total. The SMILES string of the molecule is CC(C)n1ccc(C(=O)N[C@@H]2CCO[C@H]2c2ccn[nH]2)n1. The molecule has 0 radical (unpaired) electrons. The lowest BCUT2D eigenvalue weighted by Gasteiger charge is -2.18. The van der Waals surface area contributed by atoms with E-state index in [1.54, 1.807) is 16.9 Å². The maximum Gasteiger partial charge on any atom is 0.272 e. The van der Waals surface area contributed by atoms with E-state index in [0.717, 1.165) is 12.1 Å². The quantitative estimate of drug-likeness (QED) is 0.892. The summed E-state index contributed by atoms with van der Waals surface area (Å²) in [5.41, 5.74) is 1.31. The van der Waals surface area contributed by atoms with Crippen molar-refractivity contribution < 1.29 is 9.53 Å². The number of rotatable bonds is 4. The molecule has 0 aromatic carbocycles. The fourth-order valence-electron chi connectivity index (χ4n) is 2.46. The van der Waals surface area contributed by atoms with Crippen LogP contribution in [-0.2, 0) is 4.74 Å². The highest BCUT2D eigenvalue weighted by Gasteiger charge is 2.32. The fourth-order valence-corrected chi connectivity index (χ4v) is 2.46. The standard InChI is InChI=1S/C14H19N5O2/c1-9(2)19-7-4-12(18-19)14(20)16-10-5-8-21-13(10)11-3-6-15-17-11/h3-4,6-7,9-10,13H,5,8H2,1-2H3,(H,15,17)(H,16,20)/t10-,13-/m1/s1. The van der Waals surface area contributed by atoms with Crippen molar-refractivity contribution in [2.24, 2.45) is 0 Å². The number of hydrogen-bond donors (Lipinski definition) is 2. The normalized spacial score (nSPS) is 21.9. The first kappa shape index (κ1) is 13.8. The van der Waals surface area contributed by atoms with Crippen molar-refractivity contribution in [2.45, 2.75) is 38.5 Å². The first-order valence-corrected chi connectivity index (χ1v) is 7.12. The van der Waals surface area contributed by atoms with E-state index >= 15 is 0 Å². The number of hydrogen-bond acceptors (Lipinski definition) is 4. The van der Waals surface area contributed by atoms with E-state index in [2.05, 4.69) is 20.6 Å². The summed E-state index contributed by atoms with van der Waals surface area (Å²) in [6, 6.07) is 3.76. The summed E-state index contributed by atoms with van der Waals surface area (Å²) in [6.07, 6.45) is 4.10. The van der Waals surface area contributed by atoms with Gasteiger partial charge in [0.25, 0.3) is 5.91 Å². The molecule has 3 rings (SSSR count). The van der Waals surface area contributed by atoms with Crippen LogP contribution in [0.2, 0.25) is 0 Å². The van der Waals surface area contributed by atoms with Crippen molar-refractivity contribution in [1.82, 2.24) is 25.3 Å². The van der Waals surface area contributed by atoms with Gasteiger partial charge in [-0.2, -0.15) is 10.2 Å². The Morgan fingerprint density at radius 3 is 3.05 bits per heavy atom. The minimum absolute atomic E-state index is 0.0675. The minimum Gasteiger partial charge on any atom is -0.370 e. The van der Waals surface area contributed by atoms with Gasteiger partial charge in [0.2, 0.25) is 0 Å². The van der Waals surface area contributed by atoms with Gasteiger partial charge in [-0.3, -0.25) is 14.6 Å². The van der Waals surface area contributed by atoms with Crippen LogP contribution in [0.3, 0.4) is 0 Å². The average Bonchev–Trinajstić information content (AvgIpc) is 3.19. The zero-order valence-corrected chi connectivity index (χ0v) is 12.1. The lowest BCUT2D eigenvalue weighted by atomic mass is 10.1. The van der Waals surface area contributed by atoms with E-state index in [9.17, 15) is 4.79 Å². The van der Waals surface area contributed by atoms with Crippen LogP contribution in [0, 0.1) is 0 Å². The van der Waals surface area contributed by atoms with Crippen LogP contribution in [0.4, 0.5) is 0 Å². The predicted molar refractivity (Wildman–Crippen MR) is 75.8 cm³/mol. The van der Waals surface area contributed by atoms with Gasteiger partial charge in [-0.25, -0.2) is 0 Å². The Labute approximate surface area is 122 Å². The van der Waals surface area contributed by atoms with Crippen molar-refractivity contribution in [3.8, 4) is 0 Å². The topological polar surface area (TPSA) is 84.8 Å². The number of aromatic amines is 1. The van der Waals surface area contributed by atoms with Crippen LogP contribution >= 0.6 is 0 Å². The fraction of sp³-hybridized carbons (Fsp3) is 0.500. The van der Waals surface area contributed by atoms with E-state index in [1.165, 1.54) is 0 Å². The molecule has 0 aliphatic carbocycles. The Balaban J connectivity index is 1.68. The average molecular weight is 289 g/mol. The molecule has 1 saturated heterocycles.